The number of hydrogen-bond acceptors (Lipinski definition) is 6. The normalized spacial score (nSPS) is 10.8. The molecule has 3 aromatic carbocycles. The second kappa shape index (κ2) is 10.6. The van der Waals surface area contributed by atoms with Crippen LogP contribution in [0.1, 0.15) is 19.6 Å². The molecule has 0 atom stereocenters. The first kappa shape index (κ1) is 25.4. The number of nitrogen functional groups attached to an aromatic ring is 1. The van der Waals surface area contributed by atoms with Gasteiger partial charge >= 0.3 is 6.03 Å². The SMILES string of the molecule is CCc1ccc(-c2ccc3c(N)nc(-c4ccc(NC(=O)Nc5ccc(NC(C)=O)cc5F)cc4)nc3c2)o1. The summed E-state index contributed by atoms with van der Waals surface area (Å²) in [7, 11) is 0. The number of benzene rings is 3. The summed E-state index contributed by atoms with van der Waals surface area (Å²) < 4.78 is 20.2. The van der Waals surface area contributed by atoms with Gasteiger partial charge in [-0.05, 0) is 66.7 Å². The van der Waals surface area contributed by atoms with Crippen molar-refractivity contribution in [3.8, 4) is 22.7 Å². The van der Waals surface area contributed by atoms with E-state index in [1.54, 1.807) is 24.3 Å². The van der Waals surface area contributed by atoms with E-state index in [1.165, 1.54) is 19.1 Å². The number of carbonyl (C=O) groups is 2. The van der Waals surface area contributed by atoms with Crippen LogP contribution in [0.5, 0.6) is 0 Å². The Kier molecular flexibility index (Phi) is 6.92. The van der Waals surface area contributed by atoms with E-state index in [2.05, 4.69) is 20.9 Å². The molecule has 0 saturated heterocycles. The molecule has 0 spiro atoms. The topological polar surface area (TPSA) is 135 Å². The van der Waals surface area contributed by atoms with Gasteiger partial charge in [-0.1, -0.05) is 13.0 Å². The smallest absolute Gasteiger partial charge is 0.323 e. The van der Waals surface area contributed by atoms with Crippen molar-refractivity contribution in [1.29, 1.82) is 0 Å². The van der Waals surface area contributed by atoms with Gasteiger partial charge in [0.2, 0.25) is 5.91 Å². The molecule has 10 heteroatoms. The van der Waals surface area contributed by atoms with Gasteiger partial charge in [-0.3, -0.25) is 4.79 Å². The number of nitrogens with two attached hydrogens (primary N) is 1. The molecule has 0 aliphatic rings. The zero-order chi connectivity index (χ0) is 27.5. The lowest BCUT2D eigenvalue weighted by Crippen LogP contribution is -2.20. The number of rotatable bonds is 6. The van der Waals surface area contributed by atoms with Crippen molar-refractivity contribution in [1.82, 2.24) is 9.97 Å². The first-order chi connectivity index (χ1) is 18.8. The quantitative estimate of drug-likeness (QED) is 0.202. The standard InChI is InChI=1S/C29H25FN6O3/c1-3-21-10-13-26(39-21)18-6-11-22-25(14-18)34-28(36-27(22)31)17-4-7-19(8-5-17)33-29(38)35-24-12-9-20(15-23(24)30)32-16(2)37/h4-15H,3H2,1-2H3,(H,32,37)(H2,31,34,36)(H2,33,35,38). The molecule has 0 aliphatic carbocycles. The Morgan fingerprint density at radius 3 is 2.31 bits per heavy atom. The van der Waals surface area contributed by atoms with Crippen LogP contribution in [0.2, 0.25) is 0 Å². The highest BCUT2D eigenvalue weighted by atomic mass is 19.1. The van der Waals surface area contributed by atoms with Gasteiger partial charge in [-0.15, -0.1) is 0 Å². The van der Waals surface area contributed by atoms with Crippen LogP contribution >= 0.6 is 0 Å². The van der Waals surface area contributed by atoms with Crippen LogP contribution in [-0.2, 0) is 11.2 Å². The van der Waals surface area contributed by atoms with Crippen molar-refractivity contribution in [2.45, 2.75) is 20.3 Å². The van der Waals surface area contributed by atoms with Crippen molar-refractivity contribution >= 4 is 45.7 Å². The third-order valence-electron chi connectivity index (χ3n) is 5.96. The predicted molar refractivity (Wildman–Crippen MR) is 150 cm³/mol. The maximum Gasteiger partial charge on any atom is 0.323 e. The van der Waals surface area contributed by atoms with Crippen molar-refractivity contribution in [3.63, 3.8) is 0 Å². The molecule has 0 unspecified atom stereocenters. The fraction of sp³-hybridized carbons (Fsp3) is 0.103. The van der Waals surface area contributed by atoms with E-state index in [1.807, 2.05) is 37.3 Å². The fourth-order valence-electron chi connectivity index (χ4n) is 4.04. The molecule has 3 amide bonds. The van der Waals surface area contributed by atoms with E-state index >= 15 is 0 Å². The first-order valence-corrected chi connectivity index (χ1v) is 12.2. The number of anilines is 4. The van der Waals surface area contributed by atoms with E-state index in [4.69, 9.17) is 15.1 Å². The van der Waals surface area contributed by atoms with E-state index in [9.17, 15) is 14.0 Å². The molecule has 5 rings (SSSR count). The lowest BCUT2D eigenvalue weighted by Gasteiger charge is -2.11. The third kappa shape index (κ3) is 5.69. The number of nitrogens with zero attached hydrogens (tertiary/aromatic N) is 2. The molecular formula is C29H25FN6O3. The van der Waals surface area contributed by atoms with Crippen LogP contribution in [0.15, 0.2) is 77.2 Å². The number of nitrogens with one attached hydrogen (secondary N) is 3. The number of amides is 3. The third-order valence-corrected chi connectivity index (χ3v) is 5.96. The summed E-state index contributed by atoms with van der Waals surface area (Å²) in [5, 5.41) is 8.32. The maximum absolute atomic E-state index is 14.3. The molecule has 0 saturated carbocycles. The number of halogens is 1. The minimum atomic E-state index is -0.682. The molecule has 0 bridgehead atoms. The number of furan rings is 1. The highest BCUT2D eigenvalue weighted by molar-refractivity contribution is 6.00. The molecule has 2 aromatic heterocycles. The van der Waals surface area contributed by atoms with Crippen LogP contribution in [-0.4, -0.2) is 21.9 Å². The molecule has 39 heavy (non-hydrogen) atoms. The molecule has 0 fully saturated rings. The van der Waals surface area contributed by atoms with Gasteiger partial charge in [0, 0.05) is 41.2 Å². The predicted octanol–water partition coefficient (Wildman–Crippen LogP) is 6.44. The first-order valence-electron chi connectivity index (χ1n) is 12.2. The molecule has 196 valence electrons. The summed E-state index contributed by atoms with van der Waals surface area (Å²) in [4.78, 5) is 32.7. The Morgan fingerprint density at radius 2 is 1.62 bits per heavy atom. The highest BCUT2D eigenvalue weighted by Gasteiger charge is 2.12. The molecular weight excluding hydrogens is 499 g/mol. The van der Waals surface area contributed by atoms with Gasteiger partial charge in [0.1, 0.15) is 23.2 Å². The molecule has 0 aliphatic heterocycles. The van der Waals surface area contributed by atoms with E-state index < -0.39 is 11.8 Å². The Hall–Kier alpha value is -5.25. The summed E-state index contributed by atoms with van der Waals surface area (Å²) in [6, 6.07) is 19.8. The Morgan fingerprint density at radius 1 is 0.872 bits per heavy atom. The average Bonchev–Trinajstić information content (AvgIpc) is 3.39. The zero-order valence-corrected chi connectivity index (χ0v) is 21.2. The van der Waals surface area contributed by atoms with Gasteiger partial charge in [-0.25, -0.2) is 19.2 Å². The van der Waals surface area contributed by atoms with E-state index in [0.29, 0.717) is 34.1 Å². The van der Waals surface area contributed by atoms with Gasteiger partial charge in [0.25, 0.3) is 0 Å². The minimum absolute atomic E-state index is 0.0295. The van der Waals surface area contributed by atoms with Crippen molar-refractivity contribution in [3.05, 3.63) is 84.4 Å². The summed E-state index contributed by atoms with van der Waals surface area (Å²) in [6.45, 7) is 3.36. The number of aromatic nitrogens is 2. The number of carbonyl (C=O) groups excluding carboxylic acids is 2. The lowest BCUT2D eigenvalue weighted by molar-refractivity contribution is -0.114. The molecule has 0 radical (unpaired) electrons. The Balaban J connectivity index is 1.31. The minimum Gasteiger partial charge on any atom is -0.461 e. The van der Waals surface area contributed by atoms with Crippen molar-refractivity contribution in [2.75, 3.05) is 21.7 Å². The van der Waals surface area contributed by atoms with E-state index in [0.717, 1.165) is 35.0 Å². The molecule has 5 aromatic rings. The van der Waals surface area contributed by atoms with Crippen molar-refractivity contribution in [2.24, 2.45) is 0 Å². The Bertz CT molecular complexity index is 1700. The van der Waals surface area contributed by atoms with Gasteiger partial charge < -0.3 is 26.1 Å². The van der Waals surface area contributed by atoms with Crippen LogP contribution in [0.3, 0.4) is 0 Å². The zero-order valence-electron chi connectivity index (χ0n) is 21.2. The summed E-state index contributed by atoms with van der Waals surface area (Å²) in [5.41, 5.74) is 9.24. The largest absolute Gasteiger partial charge is 0.461 e. The van der Waals surface area contributed by atoms with Gasteiger partial charge in [0.05, 0.1) is 11.2 Å². The molecule has 2 heterocycles. The second-order valence-corrected chi connectivity index (χ2v) is 8.82. The van der Waals surface area contributed by atoms with Crippen LogP contribution < -0.4 is 21.7 Å². The maximum atomic E-state index is 14.3. The summed E-state index contributed by atoms with van der Waals surface area (Å²) in [5.74, 6) is 1.44. The number of aryl methyl sites for hydroxylation is 1. The average molecular weight is 525 g/mol. The summed E-state index contributed by atoms with van der Waals surface area (Å²) in [6.07, 6.45) is 0.809. The highest BCUT2D eigenvalue weighted by Crippen LogP contribution is 2.29. The van der Waals surface area contributed by atoms with Crippen LogP contribution in [0, 0.1) is 5.82 Å². The number of urea groups is 1. The number of fused-ring (bicyclic) bond motifs is 1. The van der Waals surface area contributed by atoms with Crippen molar-refractivity contribution < 1.29 is 18.4 Å². The second-order valence-electron chi connectivity index (χ2n) is 8.82. The van der Waals surface area contributed by atoms with Gasteiger partial charge in [0.15, 0.2) is 5.82 Å². The van der Waals surface area contributed by atoms with Crippen LogP contribution in [0.4, 0.5) is 32.1 Å². The fourth-order valence-corrected chi connectivity index (χ4v) is 4.04. The van der Waals surface area contributed by atoms with Crippen LogP contribution in [0.25, 0.3) is 33.6 Å². The molecule has 9 nitrogen and oxygen atoms in total. The summed E-state index contributed by atoms with van der Waals surface area (Å²) >= 11 is 0. The van der Waals surface area contributed by atoms with E-state index in [-0.39, 0.29) is 11.6 Å². The number of hydrogen-bond donors (Lipinski definition) is 4. The Labute approximate surface area is 223 Å². The lowest BCUT2D eigenvalue weighted by atomic mass is 10.1. The monoisotopic (exact) mass is 524 g/mol. The molecule has 5 N–H and O–H groups in total. The van der Waals surface area contributed by atoms with Gasteiger partial charge in [-0.2, -0.15) is 0 Å².